The second kappa shape index (κ2) is 8.64. The Balaban J connectivity index is 0.00000196. The first-order chi connectivity index (χ1) is 12.4. The summed E-state index contributed by atoms with van der Waals surface area (Å²) in [6.45, 7) is 0. The molecule has 3 aromatic carbocycles. The van der Waals surface area contributed by atoms with Crippen molar-refractivity contribution in [2.24, 2.45) is 0 Å². The van der Waals surface area contributed by atoms with Crippen LogP contribution in [0, 0.1) is 0 Å². The van der Waals surface area contributed by atoms with Crippen molar-refractivity contribution < 1.29 is 12.4 Å². The summed E-state index contributed by atoms with van der Waals surface area (Å²) in [5.41, 5.74) is 1.43. The highest BCUT2D eigenvalue weighted by atomic mass is 35.5. The molecule has 0 bridgehead atoms. The molecular formula is C23H20ClPS. The number of hydrogen-bond acceptors (Lipinski definition) is 1. The predicted molar refractivity (Wildman–Crippen MR) is 113 cm³/mol. The maximum absolute atomic E-state index is 2.31. The van der Waals surface area contributed by atoms with Gasteiger partial charge in [0.25, 0.3) is 0 Å². The predicted octanol–water partition coefficient (Wildman–Crippen LogP) is 2.25. The number of rotatable bonds is 5. The Hall–Kier alpha value is -1.92. The molecule has 0 saturated heterocycles. The Bertz CT molecular complexity index is 810. The van der Waals surface area contributed by atoms with Crippen molar-refractivity contribution in [3.63, 3.8) is 0 Å². The van der Waals surface area contributed by atoms with E-state index in [1.54, 1.807) is 11.3 Å². The first-order valence-electron chi connectivity index (χ1n) is 8.45. The zero-order valence-electron chi connectivity index (χ0n) is 14.3. The Labute approximate surface area is 166 Å². The molecular weight excluding hydrogens is 375 g/mol. The molecule has 3 heteroatoms. The van der Waals surface area contributed by atoms with E-state index in [2.05, 4.69) is 108 Å². The number of thiophene rings is 1. The van der Waals surface area contributed by atoms with Crippen molar-refractivity contribution >= 4 is 34.5 Å². The van der Waals surface area contributed by atoms with E-state index in [0.717, 1.165) is 6.16 Å². The molecule has 0 radical (unpaired) electrons. The second-order valence-electron chi connectivity index (χ2n) is 6.11. The van der Waals surface area contributed by atoms with Gasteiger partial charge in [0.05, 0.1) is 6.16 Å². The Kier molecular flexibility index (Phi) is 6.27. The molecule has 0 aliphatic heterocycles. The van der Waals surface area contributed by atoms with Gasteiger partial charge in [-0.05, 0) is 53.2 Å². The number of halogens is 1. The third-order valence-corrected chi connectivity index (χ3v) is 9.70. The van der Waals surface area contributed by atoms with Gasteiger partial charge in [-0.3, -0.25) is 0 Å². The first kappa shape index (κ1) is 18.9. The van der Waals surface area contributed by atoms with Crippen LogP contribution < -0.4 is 28.3 Å². The lowest BCUT2D eigenvalue weighted by Gasteiger charge is -2.27. The van der Waals surface area contributed by atoms with Crippen LogP contribution in [0.15, 0.2) is 108 Å². The lowest BCUT2D eigenvalue weighted by molar-refractivity contribution is -0.00000477. The van der Waals surface area contributed by atoms with E-state index in [1.807, 2.05) is 0 Å². The lowest BCUT2D eigenvalue weighted by atomic mass is 10.3. The lowest BCUT2D eigenvalue weighted by Crippen LogP contribution is -3.00. The van der Waals surface area contributed by atoms with E-state index < -0.39 is 7.26 Å². The van der Waals surface area contributed by atoms with Crippen LogP contribution in [0.3, 0.4) is 0 Å². The molecule has 0 nitrogen and oxygen atoms in total. The molecule has 26 heavy (non-hydrogen) atoms. The van der Waals surface area contributed by atoms with Crippen LogP contribution in [-0.4, -0.2) is 0 Å². The van der Waals surface area contributed by atoms with Crippen molar-refractivity contribution in [3.05, 3.63) is 113 Å². The molecule has 130 valence electrons. The summed E-state index contributed by atoms with van der Waals surface area (Å²) < 4.78 is 0. The van der Waals surface area contributed by atoms with Gasteiger partial charge in [0.2, 0.25) is 0 Å². The van der Waals surface area contributed by atoms with Crippen molar-refractivity contribution in [1.82, 2.24) is 0 Å². The van der Waals surface area contributed by atoms with E-state index in [9.17, 15) is 0 Å². The highest BCUT2D eigenvalue weighted by Crippen LogP contribution is 2.58. The fraction of sp³-hybridized carbons (Fsp3) is 0.0435. The van der Waals surface area contributed by atoms with E-state index >= 15 is 0 Å². The van der Waals surface area contributed by atoms with Crippen LogP contribution in [-0.2, 0) is 6.16 Å². The summed E-state index contributed by atoms with van der Waals surface area (Å²) in [6, 6.07) is 35.5. The fourth-order valence-electron chi connectivity index (χ4n) is 3.42. The van der Waals surface area contributed by atoms with Gasteiger partial charge < -0.3 is 12.4 Å². The normalized spacial score (nSPS) is 10.9. The van der Waals surface area contributed by atoms with Crippen molar-refractivity contribution in [1.29, 1.82) is 0 Å². The molecule has 0 saturated carbocycles. The van der Waals surface area contributed by atoms with Crippen LogP contribution >= 0.6 is 18.6 Å². The molecule has 0 unspecified atom stereocenters. The van der Waals surface area contributed by atoms with Gasteiger partial charge in [0, 0.05) is 5.56 Å². The van der Waals surface area contributed by atoms with E-state index in [4.69, 9.17) is 0 Å². The van der Waals surface area contributed by atoms with Gasteiger partial charge in [0.15, 0.2) is 0 Å². The highest BCUT2D eigenvalue weighted by molar-refractivity contribution is 7.95. The quantitative estimate of drug-likeness (QED) is 0.455. The third-order valence-electron chi connectivity index (χ3n) is 4.59. The maximum atomic E-state index is 2.31. The van der Waals surface area contributed by atoms with Gasteiger partial charge >= 0.3 is 0 Å². The minimum absolute atomic E-state index is 0. The summed E-state index contributed by atoms with van der Waals surface area (Å²) in [4.78, 5) is 0. The number of hydrogen-bond donors (Lipinski definition) is 0. The molecule has 0 atom stereocenters. The molecule has 0 aliphatic rings. The van der Waals surface area contributed by atoms with Crippen LogP contribution in [0.5, 0.6) is 0 Å². The van der Waals surface area contributed by atoms with Crippen molar-refractivity contribution in [3.8, 4) is 0 Å². The monoisotopic (exact) mass is 394 g/mol. The fourth-order valence-corrected chi connectivity index (χ4v) is 8.45. The third kappa shape index (κ3) is 3.62. The molecule has 4 rings (SSSR count). The summed E-state index contributed by atoms with van der Waals surface area (Å²) >= 11 is 1.78. The summed E-state index contributed by atoms with van der Waals surface area (Å²) in [6.07, 6.45) is 1.06. The molecule has 1 heterocycles. The maximum Gasteiger partial charge on any atom is 0.116 e. The van der Waals surface area contributed by atoms with Crippen LogP contribution in [0.4, 0.5) is 0 Å². The summed E-state index contributed by atoms with van der Waals surface area (Å²) in [7, 11) is -1.74. The van der Waals surface area contributed by atoms with Crippen molar-refractivity contribution in [2.75, 3.05) is 0 Å². The molecule has 1 aromatic heterocycles. The zero-order chi connectivity index (χ0) is 17.0. The number of benzene rings is 3. The molecule has 0 fully saturated rings. The SMILES string of the molecule is [Cl-].c1ccc([P+](Cc2ccsc2)(c2ccccc2)c2ccccc2)cc1. The summed E-state index contributed by atoms with van der Waals surface area (Å²) in [5, 5.41) is 8.81. The topological polar surface area (TPSA) is 0 Å². The smallest absolute Gasteiger partial charge is 0.116 e. The average Bonchev–Trinajstić information content (AvgIpc) is 3.21. The van der Waals surface area contributed by atoms with Gasteiger partial charge in [-0.15, -0.1) is 0 Å². The summed E-state index contributed by atoms with van der Waals surface area (Å²) in [5.74, 6) is 0. The molecule has 4 aromatic rings. The van der Waals surface area contributed by atoms with Crippen molar-refractivity contribution in [2.45, 2.75) is 6.16 Å². The Morgan fingerprint density at radius 2 is 1.00 bits per heavy atom. The Morgan fingerprint density at radius 1 is 0.577 bits per heavy atom. The van der Waals surface area contributed by atoms with E-state index in [1.165, 1.54) is 21.5 Å². The molecule has 0 amide bonds. The van der Waals surface area contributed by atoms with E-state index in [0.29, 0.717) is 0 Å². The van der Waals surface area contributed by atoms with Gasteiger partial charge in [-0.25, -0.2) is 0 Å². The largest absolute Gasteiger partial charge is 1.00 e. The second-order valence-corrected chi connectivity index (χ2v) is 10.4. The average molecular weight is 395 g/mol. The van der Waals surface area contributed by atoms with Crippen LogP contribution in [0.2, 0.25) is 0 Å². The molecule has 0 N–H and O–H groups in total. The minimum atomic E-state index is -1.74. The standard InChI is InChI=1S/C23H20PS.ClH/c1-4-10-21(11-5-1)24(18-20-16-17-25-19-20,22-12-6-2-7-13-22)23-14-8-3-9-15-23;/h1-17,19H,18H2;1H/q+1;/p-1. The molecule has 0 spiro atoms. The zero-order valence-corrected chi connectivity index (χ0v) is 16.8. The highest BCUT2D eigenvalue weighted by Gasteiger charge is 2.45. The van der Waals surface area contributed by atoms with Gasteiger partial charge in [-0.2, -0.15) is 11.3 Å². The first-order valence-corrected chi connectivity index (χ1v) is 11.4. The molecule has 0 aliphatic carbocycles. The van der Waals surface area contributed by atoms with E-state index in [-0.39, 0.29) is 12.4 Å². The van der Waals surface area contributed by atoms with Crippen LogP contribution in [0.1, 0.15) is 5.56 Å². The van der Waals surface area contributed by atoms with Gasteiger partial charge in [0.1, 0.15) is 23.2 Å². The Morgan fingerprint density at radius 3 is 1.35 bits per heavy atom. The minimum Gasteiger partial charge on any atom is -1.00 e. The van der Waals surface area contributed by atoms with Crippen LogP contribution in [0.25, 0.3) is 0 Å². The van der Waals surface area contributed by atoms with Gasteiger partial charge in [-0.1, -0.05) is 54.6 Å².